The van der Waals surface area contributed by atoms with E-state index in [0.717, 1.165) is 0 Å². The van der Waals surface area contributed by atoms with Crippen molar-refractivity contribution in [3.63, 3.8) is 0 Å². The van der Waals surface area contributed by atoms with Crippen molar-refractivity contribution >= 4 is 50.3 Å². The number of ether oxygens (including phenoxy) is 1. The van der Waals surface area contributed by atoms with Gasteiger partial charge in [-0.3, -0.25) is 28.2 Å². The van der Waals surface area contributed by atoms with Crippen LogP contribution in [0.15, 0.2) is 11.1 Å². The average molecular weight is 545 g/mol. The number of nitrogen functional groups attached to an aromatic ring is 1. The number of carbonyl (C=O) groups excluding carboxylic acids is 1. The molecule has 0 aliphatic carbocycles. The second kappa shape index (κ2) is 10.8. The van der Waals surface area contributed by atoms with E-state index in [4.69, 9.17) is 26.6 Å². The molecule has 16 nitrogen and oxygen atoms in total. The fourth-order valence-corrected chi connectivity index (χ4v) is 5.31. The first-order chi connectivity index (χ1) is 15.9. The molecule has 190 valence electrons. The number of imidazole rings is 1. The molecule has 0 saturated carbocycles. The molecule has 1 aliphatic rings. The van der Waals surface area contributed by atoms with Crippen LogP contribution in [0.2, 0.25) is 0 Å². The number of phosphoric ester groups is 2. The van der Waals surface area contributed by atoms with Gasteiger partial charge >= 0.3 is 15.6 Å². The second-order valence-electron chi connectivity index (χ2n) is 7.25. The van der Waals surface area contributed by atoms with Crippen LogP contribution in [0.5, 0.6) is 0 Å². The molecule has 0 radical (unpaired) electrons. The number of rotatable bonds is 11. The van der Waals surface area contributed by atoms with Crippen LogP contribution in [-0.2, 0) is 32.0 Å². The number of fused-ring (bicyclic) bond motifs is 1. The predicted molar refractivity (Wildman–Crippen MR) is 117 cm³/mol. The maximum atomic E-state index is 12.1. The molecule has 2 aromatic rings. The Hall–Kier alpha value is -1.87. The van der Waals surface area contributed by atoms with Crippen molar-refractivity contribution in [2.24, 2.45) is 5.92 Å². The van der Waals surface area contributed by atoms with E-state index in [9.17, 15) is 28.5 Å². The molecule has 1 fully saturated rings. The molecule has 19 heteroatoms. The Kier molecular flexibility index (Phi) is 8.50. The number of phosphoric acid groups is 2. The van der Waals surface area contributed by atoms with Gasteiger partial charge in [0.15, 0.2) is 11.2 Å². The summed E-state index contributed by atoms with van der Waals surface area (Å²) in [5, 5.41) is 2.27. The number of amides is 1. The van der Waals surface area contributed by atoms with E-state index in [-0.39, 0.29) is 35.5 Å². The van der Waals surface area contributed by atoms with Gasteiger partial charge in [-0.25, -0.2) is 14.1 Å². The number of H-pyrrole nitrogens is 1. The summed E-state index contributed by atoms with van der Waals surface area (Å²) < 4.78 is 44.9. The average Bonchev–Trinajstić information content (AvgIpc) is 3.32. The lowest BCUT2D eigenvalue weighted by molar-refractivity contribution is -0.118. The normalized spacial score (nSPS) is 24.1. The Morgan fingerprint density at radius 1 is 1.41 bits per heavy atom. The van der Waals surface area contributed by atoms with E-state index < -0.39 is 52.7 Å². The first-order valence-corrected chi connectivity index (χ1v) is 13.3. The number of anilines is 1. The third-order valence-corrected chi connectivity index (χ3v) is 7.59. The van der Waals surface area contributed by atoms with Crippen molar-refractivity contribution in [1.82, 2.24) is 24.8 Å². The van der Waals surface area contributed by atoms with Gasteiger partial charge in [-0.05, 0) is 12.3 Å². The molecule has 2 aromatic heterocycles. The summed E-state index contributed by atoms with van der Waals surface area (Å²) in [7, 11) is -9.99. The summed E-state index contributed by atoms with van der Waals surface area (Å²) in [6.45, 7) is 0.668. The number of aromatic amines is 1. The molecule has 0 spiro atoms. The monoisotopic (exact) mass is 544 g/mol. The maximum absolute atomic E-state index is 12.1. The molecule has 5 atom stereocenters. The Labute approximate surface area is 196 Å². The molecule has 3 rings (SSSR count). The van der Waals surface area contributed by atoms with Crippen molar-refractivity contribution in [1.29, 1.82) is 0 Å². The van der Waals surface area contributed by atoms with Gasteiger partial charge in [0.25, 0.3) is 5.56 Å². The number of hydrogen-bond donors (Lipinski definition) is 5. The molecule has 6 N–H and O–H groups in total. The lowest BCUT2D eigenvalue weighted by Gasteiger charge is -2.19. The Morgan fingerprint density at radius 3 is 2.82 bits per heavy atom. The minimum atomic E-state index is -5.02. The van der Waals surface area contributed by atoms with Crippen LogP contribution >= 0.6 is 27.2 Å². The van der Waals surface area contributed by atoms with Crippen LogP contribution in [0.3, 0.4) is 0 Å². The quantitative estimate of drug-likeness (QED) is 0.145. The van der Waals surface area contributed by atoms with E-state index in [1.54, 1.807) is 6.92 Å². The van der Waals surface area contributed by atoms with Crippen molar-refractivity contribution in [3.8, 4) is 0 Å². The Bertz CT molecular complexity index is 1190. The molecular formula is C15H23ClN6O10P2. The second-order valence-corrected chi connectivity index (χ2v) is 10.6. The molecule has 3 heterocycles. The summed E-state index contributed by atoms with van der Waals surface area (Å²) >= 11 is 5.28. The number of nitrogens with zero attached hydrogens (tertiary/aromatic N) is 3. The van der Waals surface area contributed by atoms with E-state index in [1.165, 1.54) is 10.9 Å². The highest BCUT2D eigenvalue weighted by molar-refractivity contribution is 7.61. The zero-order valence-electron chi connectivity index (χ0n) is 17.7. The summed E-state index contributed by atoms with van der Waals surface area (Å²) in [6.07, 6.45) is 0.439. The van der Waals surface area contributed by atoms with Crippen molar-refractivity contribution in [2.75, 3.05) is 31.4 Å². The highest BCUT2D eigenvalue weighted by atomic mass is 35.5. The first kappa shape index (κ1) is 26.7. The number of aromatic nitrogens is 4. The third-order valence-electron chi connectivity index (χ3n) is 4.71. The van der Waals surface area contributed by atoms with Crippen LogP contribution in [0.1, 0.15) is 19.6 Å². The van der Waals surface area contributed by atoms with Gasteiger partial charge in [-0.15, -0.1) is 11.6 Å². The molecule has 1 saturated heterocycles. The van der Waals surface area contributed by atoms with Gasteiger partial charge in [-0.2, -0.15) is 9.29 Å². The number of hydrogen-bond acceptors (Lipinski definition) is 11. The fraction of sp³-hybridized carbons (Fsp3) is 0.600. The topological polar surface area (TPSA) is 230 Å². The molecule has 34 heavy (non-hydrogen) atoms. The van der Waals surface area contributed by atoms with Gasteiger partial charge in [0.05, 0.1) is 25.6 Å². The van der Waals surface area contributed by atoms with E-state index in [0.29, 0.717) is 6.42 Å². The molecular weight excluding hydrogens is 522 g/mol. The van der Waals surface area contributed by atoms with Crippen molar-refractivity contribution < 1.29 is 41.8 Å². The zero-order valence-corrected chi connectivity index (χ0v) is 20.2. The lowest BCUT2D eigenvalue weighted by Crippen LogP contribution is -2.27. The predicted octanol–water partition coefficient (Wildman–Crippen LogP) is 0.231. The summed E-state index contributed by atoms with van der Waals surface area (Å²) in [5.74, 6) is -1.13. The highest BCUT2D eigenvalue weighted by Gasteiger charge is 2.39. The van der Waals surface area contributed by atoms with Crippen molar-refractivity contribution in [3.05, 3.63) is 16.7 Å². The Morgan fingerprint density at radius 2 is 2.12 bits per heavy atom. The van der Waals surface area contributed by atoms with Gasteiger partial charge in [0.2, 0.25) is 11.9 Å². The molecule has 1 aliphatic heterocycles. The lowest BCUT2D eigenvalue weighted by atomic mass is 10.0. The summed E-state index contributed by atoms with van der Waals surface area (Å²) in [6, 6.07) is 0. The number of halogens is 1. The van der Waals surface area contributed by atoms with Crippen molar-refractivity contribution in [2.45, 2.75) is 25.7 Å². The largest absolute Gasteiger partial charge is 0.481 e. The van der Waals surface area contributed by atoms with Gasteiger partial charge in [0.1, 0.15) is 12.1 Å². The molecule has 1 amide bonds. The molecule has 0 bridgehead atoms. The zero-order chi connectivity index (χ0) is 25.1. The minimum absolute atomic E-state index is 0.0688. The SMILES string of the molecule is C[C@H]1C[C@H](n2cnc3c(=O)[nH]c(N)nc32)O[C@@H]1COP(=O)(O)OP(=O)(O)OCCNC(=O)CCl. The van der Waals surface area contributed by atoms with E-state index >= 15 is 0 Å². The minimum Gasteiger partial charge on any atom is -0.369 e. The van der Waals surface area contributed by atoms with Crippen LogP contribution < -0.4 is 16.6 Å². The van der Waals surface area contributed by atoms with Crippen LogP contribution in [0.4, 0.5) is 5.95 Å². The molecule has 2 unspecified atom stereocenters. The fourth-order valence-electron chi connectivity index (χ4n) is 3.14. The summed E-state index contributed by atoms with van der Waals surface area (Å²) in [4.78, 5) is 52.8. The number of nitrogens with one attached hydrogen (secondary N) is 2. The smallest absolute Gasteiger partial charge is 0.369 e. The van der Waals surface area contributed by atoms with Crippen LogP contribution in [0.25, 0.3) is 11.2 Å². The summed E-state index contributed by atoms with van der Waals surface area (Å²) in [5.41, 5.74) is 5.35. The number of alkyl halides is 1. The van der Waals surface area contributed by atoms with Gasteiger partial charge < -0.3 is 25.6 Å². The van der Waals surface area contributed by atoms with E-state index in [2.05, 4.69) is 29.1 Å². The number of nitrogens with two attached hydrogens (primary N) is 1. The van der Waals surface area contributed by atoms with Gasteiger partial charge in [0, 0.05) is 6.54 Å². The number of carbonyl (C=O) groups is 1. The van der Waals surface area contributed by atoms with E-state index in [1.807, 2.05) is 0 Å². The Balaban J connectivity index is 1.55. The standard InChI is InChI=1S/C15H23ClN6O10P2/c1-8-4-11(22-7-19-12-13(22)20-15(17)21-14(12)24)31-9(8)6-30-34(27,28)32-33(25,26)29-3-2-18-10(23)5-16/h7-9,11H,2-6H2,1H3,(H,18,23)(H,25,26)(H,27,28)(H3,17,20,21,24)/t8-,9+,11+/m0/s1. The highest BCUT2D eigenvalue weighted by Crippen LogP contribution is 2.60. The van der Waals surface area contributed by atoms with Gasteiger partial charge in [-0.1, -0.05) is 6.92 Å². The van der Waals surface area contributed by atoms with Crippen LogP contribution in [-0.4, -0.2) is 67.0 Å². The first-order valence-electron chi connectivity index (χ1n) is 9.77. The molecule has 0 aromatic carbocycles. The third kappa shape index (κ3) is 6.84. The van der Waals surface area contributed by atoms with Crippen LogP contribution in [0, 0.1) is 5.92 Å². The maximum Gasteiger partial charge on any atom is 0.481 e.